The summed E-state index contributed by atoms with van der Waals surface area (Å²) in [6.45, 7) is 3.43. The fourth-order valence-electron chi connectivity index (χ4n) is 3.48. The second-order valence-corrected chi connectivity index (χ2v) is 6.34. The number of halogens is 1. The van der Waals surface area contributed by atoms with Gasteiger partial charge in [-0.25, -0.2) is 9.40 Å². The number of fused-ring (bicyclic) bond motifs is 1. The zero-order chi connectivity index (χ0) is 15.7. The van der Waals surface area contributed by atoms with Gasteiger partial charge in [0, 0.05) is 25.7 Å². The van der Waals surface area contributed by atoms with Crippen molar-refractivity contribution in [1.29, 1.82) is 5.26 Å². The molecule has 0 bridgehead atoms. The molecule has 0 aromatic carbocycles. The normalized spacial score (nSPS) is 29.0. The lowest BCUT2D eigenvalue weighted by molar-refractivity contribution is -0.155. The molecular formula is C16H19FN4O. The van der Waals surface area contributed by atoms with E-state index < -0.39 is 11.2 Å². The van der Waals surface area contributed by atoms with Gasteiger partial charge in [0.2, 0.25) is 5.91 Å². The van der Waals surface area contributed by atoms with Gasteiger partial charge in [0.05, 0.1) is 23.7 Å². The molecule has 5 nitrogen and oxygen atoms in total. The van der Waals surface area contributed by atoms with Gasteiger partial charge >= 0.3 is 0 Å². The molecule has 0 spiro atoms. The average Bonchev–Trinajstić information content (AvgIpc) is 2.85. The molecule has 1 unspecified atom stereocenters. The van der Waals surface area contributed by atoms with Gasteiger partial charge in [0.1, 0.15) is 5.82 Å². The molecule has 0 N–H and O–H groups in total. The Morgan fingerprint density at radius 2 is 2.32 bits per heavy atom. The minimum Gasteiger partial charge on any atom is -0.273 e. The van der Waals surface area contributed by atoms with Crippen molar-refractivity contribution in [3.63, 3.8) is 0 Å². The van der Waals surface area contributed by atoms with Crippen molar-refractivity contribution >= 4 is 5.91 Å². The van der Waals surface area contributed by atoms with Gasteiger partial charge in [-0.05, 0) is 37.8 Å². The molecule has 2 atom stereocenters. The van der Waals surface area contributed by atoms with E-state index in [1.807, 2.05) is 11.9 Å². The maximum Gasteiger partial charge on any atom is 0.244 e. The van der Waals surface area contributed by atoms with E-state index in [1.165, 1.54) is 12.3 Å². The Balaban J connectivity index is 1.95. The van der Waals surface area contributed by atoms with E-state index in [1.54, 1.807) is 11.2 Å². The molecule has 0 saturated carbocycles. The Morgan fingerprint density at radius 1 is 1.50 bits per heavy atom. The number of hydrogen-bond acceptors (Lipinski definition) is 4. The molecule has 1 aromatic heterocycles. The second kappa shape index (κ2) is 5.65. The van der Waals surface area contributed by atoms with Gasteiger partial charge in [-0.15, -0.1) is 0 Å². The van der Waals surface area contributed by atoms with E-state index in [-0.39, 0.29) is 18.4 Å². The molecule has 0 aliphatic carbocycles. The molecule has 116 valence electrons. The smallest absolute Gasteiger partial charge is 0.244 e. The average molecular weight is 302 g/mol. The fourth-order valence-corrected chi connectivity index (χ4v) is 3.48. The molecule has 2 fully saturated rings. The van der Waals surface area contributed by atoms with Crippen LogP contribution in [0.4, 0.5) is 4.39 Å². The molecule has 3 heterocycles. The van der Waals surface area contributed by atoms with Gasteiger partial charge in [-0.3, -0.25) is 14.8 Å². The highest BCUT2D eigenvalue weighted by molar-refractivity contribution is 5.83. The first kappa shape index (κ1) is 14.9. The molecule has 2 aliphatic heterocycles. The molecule has 2 aliphatic rings. The number of pyridine rings is 1. The van der Waals surface area contributed by atoms with Crippen molar-refractivity contribution < 1.29 is 9.18 Å². The third kappa shape index (κ3) is 2.46. The molecular weight excluding hydrogens is 283 g/mol. The summed E-state index contributed by atoms with van der Waals surface area (Å²) in [6, 6.07) is 3.40. The molecule has 2 saturated heterocycles. The van der Waals surface area contributed by atoms with E-state index in [0.29, 0.717) is 6.42 Å². The van der Waals surface area contributed by atoms with E-state index in [9.17, 15) is 9.18 Å². The molecule has 6 heteroatoms. The Hall–Kier alpha value is -2.00. The molecule has 3 rings (SSSR count). The third-order valence-corrected chi connectivity index (χ3v) is 4.71. The van der Waals surface area contributed by atoms with Crippen LogP contribution in [0.1, 0.15) is 44.2 Å². The van der Waals surface area contributed by atoms with Crippen LogP contribution >= 0.6 is 0 Å². The number of nitriles is 1. The van der Waals surface area contributed by atoms with Crippen LogP contribution in [-0.4, -0.2) is 34.0 Å². The minimum atomic E-state index is -0.660. The van der Waals surface area contributed by atoms with Crippen LogP contribution in [0.15, 0.2) is 18.5 Å². The fraction of sp³-hybridized carbons (Fsp3) is 0.562. The monoisotopic (exact) mass is 302 g/mol. The summed E-state index contributed by atoms with van der Waals surface area (Å²) in [5.74, 6) is -0.420. The maximum atomic E-state index is 13.5. The highest BCUT2D eigenvalue weighted by atomic mass is 19.1. The predicted molar refractivity (Wildman–Crippen MR) is 77.5 cm³/mol. The number of hydrazine groups is 1. The number of amides is 1. The minimum absolute atomic E-state index is 0.0293. The lowest BCUT2D eigenvalue weighted by atomic mass is 9.81. The van der Waals surface area contributed by atoms with Crippen molar-refractivity contribution in [2.75, 3.05) is 13.1 Å². The van der Waals surface area contributed by atoms with Crippen molar-refractivity contribution in [2.45, 2.75) is 38.6 Å². The molecule has 22 heavy (non-hydrogen) atoms. The van der Waals surface area contributed by atoms with Crippen molar-refractivity contribution in [2.24, 2.45) is 5.41 Å². The van der Waals surface area contributed by atoms with Crippen LogP contribution in [0.2, 0.25) is 0 Å². The summed E-state index contributed by atoms with van der Waals surface area (Å²) >= 11 is 0. The van der Waals surface area contributed by atoms with Crippen molar-refractivity contribution in [3.8, 4) is 6.07 Å². The van der Waals surface area contributed by atoms with E-state index in [0.717, 1.165) is 31.5 Å². The van der Waals surface area contributed by atoms with Crippen LogP contribution in [0, 0.1) is 22.6 Å². The number of nitrogens with zero attached hydrogens (tertiary/aromatic N) is 4. The van der Waals surface area contributed by atoms with Crippen molar-refractivity contribution in [3.05, 3.63) is 29.8 Å². The zero-order valence-electron chi connectivity index (χ0n) is 12.6. The van der Waals surface area contributed by atoms with Gasteiger partial charge in [0.25, 0.3) is 0 Å². The predicted octanol–water partition coefficient (Wildman–Crippen LogP) is 2.42. The SMILES string of the molecule is CC1(CC#N)CCCN2CC[C@H](c3cncc(F)c3)N2C1=O. The Morgan fingerprint density at radius 3 is 3.05 bits per heavy atom. The Labute approximate surface area is 129 Å². The Bertz CT molecular complexity index is 629. The van der Waals surface area contributed by atoms with Gasteiger partial charge in [-0.2, -0.15) is 5.26 Å². The van der Waals surface area contributed by atoms with Gasteiger partial charge < -0.3 is 0 Å². The maximum absolute atomic E-state index is 13.5. The number of carbonyl (C=O) groups is 1. The van der Waals surface area contributed by atoms with E-state index in [4.69, 9.17) is 5.26 Å². The summed E-state index contributed by atoms with van der Waals surface area (Å²) in [4.78, 5) is 16.9. The molecule has 0 radical (unpaired) electrons. The van der Waals surface area contributed by atoms with E-state index >= 15 is 0 Å². The highest BCUT2D eigenvalue weighted by Gasteiger charge is 2.46. The first-order chi connectivity index (χ1) is 10.5. The quantitative estimate of drug-likeness (QED) is 0.842. The number of aromatic nitrogens is 1. The lowest BCUT2D eigenvalue weighted by Crippen LogP contribution is -2.46. The number of rotatable bonds is 2. The highest BCUT2D eigenvalue weighted by Crippen LogP contribution is 2.41. The molecule has 1 amide bonds. The third-order valence-electron chi connectivity index (χ3n) is 4.71. The van der Waals surface area contributed by atoms with Crippen LogP contribution in [0.3, 0.4) is 0 Å². The van der Waals surface area contributed by atoms with Crippen LogP contribution < -0.4 is 0 Å². The zero-order valence-corrected chi connectivity index (χ0v) is 12.6. The van der Waals surface area contributed by atoms with Crippen LogP contribution in [0.25, 0.3) is 0 Å². The summed E-state index contributed by atoms with van der Waals surface area (Å²) in [7, 11) is 0. The molecule has 1 aromatic rings. The lowest BCUT2D eigenvalue weighted by Gasteiger charge is -2.35. The number of carbonyl (C=O) groups excluding carboxylic acids is 1. The summed E-state index contributed by atoms with van der Waals surface area (Å²) in [6.07, 6.45) is 5.36. The van der Waals surface area contributed by atoms with E-state index in [2.05, 4.69) is 11.1 Å². The van der Waals surface area contributed by atoms with Gasteiger partial charge in [-0.1, -0.05) is 0 Å². The summed E-state index contributed by atoms with van der Waals surface area (Å²) in [5.41, 5.74) is 0.0596. The first-order valence-corrected chi connectivity index (χ1v) is 7.61. The topological polar surface area (TPSA) is 60.2 Å². The Kier molecular flexibility index (Phi) is 3.83. The van der Waals surface area contributed by atoms with Gasteiger partial charge in [0.15, 0.2) is 0 Å². The largest absolute Gasteiger partial charge is 0.273 e. The number of hydrogen-bond donors (Lipinski definition) is 0. The van der Waals surface area contributed by atoms with Crippen LogP contribution in [-0.2, 0) is 4.79 Å². The first-order valence-electron chi connectivity index (χ1n) is 7.61. The summed E-state index contributed by atoms with van der Waals surface area (Å²) in [5, 5.41) is 12.9. The van der Waals surface area contributed by atoms with Crippen molar-refractivity contribution in [1.82, 2.24) is 15.0 Å². The second-order valence-electron chi connectivity index (χ2n) is 6.34. The summed E-state index contributed by atoms with van der Waals surface area (Å²) < 4.78 is 13.5. The standard InChI is InChI=1S/C16H19FN4O/c1-16(5-6-18)4-2-7-20-8-3-14(21(20)15(16)22)12-9-13(17)11-19-10-12/h9-11,14H,2-5,7-8H2,1H3/t14-,16?/m1/s1. The van der Waals surface area contributed by atoms with Crippen LogP contribution in [0.5, 0.6) is 0 Å².